The molecule has 0 radical (unpaired) electrons. The van der Waals surface area contributed by atoms with Crippen molar-refractivity contribution in [1.82, 2.24) is 9.88 Å². The average Bonchev–Trinajstić information content (AvgIpc) is 3.38. The molecule has 0 aliphatic carbocycles. The minimum Gasteiger partial charge on any atom is -0.497 e. The van der Waals surface area contributed by atoms with Gasteiger partial charge in [0, 0.05) is 42.4 Å². The third-order valence-electron chi connectivity index (χ3n) is 5.82. The fraction of sp³-hybridized carbons (Fsp3) is 0.296. The second kappa shape index (κ2) is 11.0. The van der Waals surface area contributed by atoms with Gasteiger partial charge in [0.25, 0.3) is 11.8 Å². The van der Waals surface area contributed by atoms with E-state index < -0.39 is 0 Å². The summed E-state index contributed by atoms with van der Waals surface area (Å²) in [4.78, 5) is 31.6. The fourth-order valence-electron chi connectivity index (χ4n) is 3.96. The van der Waals surface area contributed by atoms with Gasteiger partial charge in [-0.05, 0) is 36.5 Å². The first-order valence-electron chi connectivity index (χ1n) is 11.4. The maximum atomic E-state index is 13.1. The van der Waals surface area contributed by atoms with E-state index in [1.807, 2.05) is 55.5 Å². The molecule has 2 amide bonds. The molecule has 1 aromatic heterocycles. The van der Waals surface area contributed by atoms with Crippen LogP contribution < -0.4 is 10.1 Å². The Morgan fingerprint density at radius 3 is 2.65 bits per heavy atom. The van der Waals surface area contributed by atoms with Crippen LogP contribution in [0, 0.1) is 11.8 Å². The van der Waals surface area contributed by atoms with E-state index in [4.69, 9.17) is 4.74 Å². The highest BCUT2D eigenvalue weighted by Crippen LogP contribution is 2.33. The van der Waals surface area contributed by atoms with Gasteiger partial charge >= 0.3 is 0 Å². The van der Waals surface area contributed by atoms with Crippen LogP contribution in [0.15, 0.2) is 53.9 Å². The van der Waals surface area contributed by atoms with Gasteiger partial charge in [0.2, 0.25) is 0 Å². The smallest absolute Gasteiger partial charge is 0.298 e. The number of anilines is 1. The number of aromatic nitrogens is 1. The Morgan fingerprint density at radius 1 is 1.18 bits per heavy atom. The maximum Gasteiger partial charge on any atom is 0.298 e. The number of nitrogens with one attached hydrogen (secondary N) is 1. The summed E-state index contributed by atoms with van der Waals surface area (Å²) in [6.45, 7) is 3.25. The highest BCUT2D eigenvalue weighted by molar-refractivity contribution is 7.10. The number of methoxy groups -OCH3 is 1. The van der Waals surface area contributed by atoms with Gasteiger partial charge in [-0.2, -0.15) is 0 Å². The quantitative estimate of drug-likeness (QED) is 0.518. The number of nitrogens with zero attached hydrogens (tertiary/aromatic N) is 2. The van der Waals surface area contributed by atoms with E-state index in [1.54, 1.807) is 17.4 Å². The van der Waals surface area contributed by atoms with Crippen molar-refractivity contribution >= 4 is 28.8 Å². The van der Waals surface area contributed by atoms with Crippen molar-refractivity contribution in [3.05, 3.63) is 64.6 Å². The second-order valence-electron chi connectivity index (χ2n) is 8.02. The maximum absolute atomic E-state index is 13.1. The molecule has 1 saturated heterocycles. The molecule has 0 bridgehead atoms. The van der Waals surface area contributed by atoms with E-state index in [0.717, 1.165) is 29.0 Å². The van der Waals surface area contributed by atoms with Gasteiger partial charge in [-0.25, -0.2) is 4.98 Å². The van der Waals surface area contributed by atoms with E-state index >= 15 is 0 Å². The Hall–Kier alpha value is -3.63. The summed E-state index contributed by atoms with van der Waals surface area (Å²) in [5.41, 5.74) is 2.98. The molecule has 174 valence electrons. The lowest BCUT2D eigenvalue weighted by atomic mass is 9.97. The summed E-state index contributed by atoms with van der Waals surface area (Å²) in [6, 6.07) is 15.5. The number of amides is 2. The topological polar surface area (TPSA) is 71.5 Å². The van der Waals surface area contributed by atoms with Gasteiger partial charge in [-0.1, -0.05) is 43.2 Å². The number of ether oxygens (including phenoxy) is 1. The van der Waals surface area contributed by atoms with Crippen LogP contribution in [-0.2, 0) is 4.79 Å². The van der Waals surface area contributed by atoms with Crippen LogP contribution in [-0.4, -0.2) is 41.9 Å². The van der Waals surface area contributed by atoms with Crippen molar-refractivity contribution < 1.29 is 14.3 Å². The number of carbonyl (C=O) groups is 2. The molecular weight excluding hydrogens is 446 g/mol. The monoisotopic (exact) mass is 473 g/mol. The summed E-state index contributed by atoms with van der Waals surface area (Å²) >= 11 is 1.50. The summed E-state index contributed by atoms with van der Waals surface area (Å²) in [5.74, 6) is 6.08. The predicted molar refractivity (Wildman–Crippen MR) is 135 cm³/mol. The largest absolute Gasteiger partial charge is 0.497 e. The molecule has 7 heteroatoms. The third-order valence-corrected chi connectivity index (χ3v) is 6.83. The first kappa shape index (κ1) is 23.5. The van der Waals surface area contributed by atoms with Gasteiger partial charge < -0.3 is 15.0 Å². The highest BCUT2D eigenvalue weighted by Gasteiger charge is 2.26. The average molecular weight is 474 g/mol. The number of carbonyl (C=O) groups excluding carboxylic acids is 2. The van der Waals surface area contributed by atoms with Crippen LogP contribution in [0.3, 0.4) is 0 Å². The number of rotatable bonds is 5. The number of thiazole rings is 1. The van der Waals surface area contributed by atoms with E-state index in [2.05, 4.69) is 22.1 Å². The minimum absolute atomic E-state index is 0.105. The zero-order chi connectivity index (χ0) is 23.9. The number of piperidine rings is 1. The van der Waals surface area contributed by atoms with E-state index in [0.29, 0.717) is 36.6 Å². The predicted octanol–water partition coefficient (Wildman–Crippen LogP) is 5.19. The van der Waals surface area contributed by atoms with Gasteiger partial charge in [0.1, 0.15) is 11.4 Å². The second-order valence-corrected chi connectivity index (χ2v) is 8.91. The zero-order valence-corrected chi connectivity index (χ0v) is 20.2. The molecule has 0 spiro atoms. The lowest BCUT2D eigenvalue weighted by molar-refractivity contribution is -0.126. The Labute approximate surface area is 204 Å². The minimum atomic E-state index is -0.254. The molecule has 1 N–H and O–H groups in total. The molecule has 34 heavy (non-hydrogen) atoms. The van der Waals surface area contributed by atoms with Crippen LogP contribution in [0.1, 0.15) is 47.6 Å². The molecule has 3 aromatic rings. The molecule has 1 aliphatic rings. The Kier molecular flexibility index (Phi) is 7.61. The molecule has 1 fully saturated rings. The van der Waals surface area contributed by atoms with E-state index in [9.17, 15) is 9.59 Å². The number of hydrogen-bond acceptors (Lipinski definition) is 5. The lowest BCUT2D eigenvalue weighted by Gasteiger charge is -2.29. The first-order chi connectivity index (χ1) is 16.6. The Balaban J connectivity index is 1.45. The molecular formula is C27H27N3O3S. The number of likely N-dealkylation sites (tertiary alicyclic amines) is 1. The summed E-state index contributed by atoms with van der Waals surface area (Å²) in [7, 11) is 1.60. The van der Waals surface area contributed by atoms with Crippen LogP contribution in [0.25, 0.3) is 11.1 Å². The van der Waals surface area contributed by atoms with Crippen molar-refractivity contribution in [3.63, 3.8) is 0 Å². The van der Waals surface area contributed by atoms with Crippen molar-refractivity contribution in [1.29, 1.82) is 0 Å². The van der Waals surface area contributed by atoms with Crippen molar-refractivity contribution in [3.8, 4) is 28.7 Å². The first-order valence-corrected chi connectivity index (χ1v) is 12.2. The SMILES string of the molecule is CCC#CC(=O)N1CCC(c2nc(C(=O)Nc3cc(OC)ccc3-c3ccccc3)cs2)CC1. The summed E-state index contributed by atoms with van der Waals surface area (Å²) in [5, 5.41) is 5.75. The van der Waals surface area contributed by atoms with Crippen molar-refractivity contribution in [2.45, 2.75) is 32.1 Å². The van der Waals surface area contributed by atoms with E-state index in [-0.39, 0.29) is 17.7 Å². The van der Waals surface area contributed by atoms with Crippen molar-refractivity contribution in [2.75, 3.05) is 25.5 Å². The van der Waals surface area contributed by atoms with Crippen LogP contribution in [0.4, 0.5) is 5.69 Å². The standard InChI is InChI=1S/C27H27N3O3S/c1-3-4-10-25(31)30-15-13-20(14-16-30)27-29-24(18-34-27)26(32)28-23-17-21(33-2)11-12-22(23)19-8-6-5-7-9-19/h5-9,11-12,17-18,20H,3,13-16H2,1-2H3,(H,28,32). The van der Waals surface area contributed by atoms with Gasteiger partial charge in [-0.3, -0.25) is 9.59 Å². The number of benzene rings is 2. The molecule has 0 saturated carbocycles. The number of hydrogen-bond donors (Lipinski definition) is 1. The lowest BCUT2D eigenvalue weighted by Crippen LogP contribution is -2.37. The fourth-order valence-corrected chi connectivity index (χ4v) is 4.93. The summed E-state index contributed by atoms with van der Waals surface area (Å²) < 4.78 is 5.36. The summed E-state index contributed by atoms with van der Waals surface area (Å²) in [6.07, 6.45) is 2.32. The van der Waals surface area contributed by atoms with Gasteiger partial charge in [0.05, 0.1) is 17.8 Å². The van der Waals surface area contributed by atoms with Gasteiger partial charge in [-0.15, -0.1) is 11.3 Å². The van der Waals surface area contributed by atoms with Gasteiger partial charge in [0.15, 0.2) is 0 Å². The van der Waals surface area contributed by atoms with Crippen LogP contribution in [0.2, 0.25) is 0 Å². The Morgan fingerprint density at radius 2 is 1.94 bits per heavy atom. The zero-order valence-electron chi connectivity index (χ0n) is 19.3. The third kappa shape index (κ3) is 5.46. The normalized spacial score (nSPS) is 13.6. The Bertz CT molecular complexity index is 1220. The molecule has 6 nitrogen and oxygen atoms in total. The van der Waals surface area contributed by atoms with E-state index in [1.165, 1.54) is 11.3 Å². The van der Waals surface area contributed by atoms with Crippen LogP contribution >= 0.6 is 11.3 Å². The highest BCUT2D eigenvalue weighted by atomic mass is 32.1. The van der Waals surface area contributed by atoms with Crippen molar-refractivity contribution in [2.24, 2.45) is 0 Å². The molecule has 2 aromatic carbocycles. The molecule has 0 atom stereocenters. The molecule has 0 unspecified atom stereocenters. The molecule has 1 aliphatic heterocycles. The van der Waals surface area contributed by atoms with Crippen LogP contribution in [0.5, 0.6) is 5.75 Å². The molecule has 4 rings (SSSR count). The molecule has 2 heterocycles.